The molecule has 13 heavy (non-hydrogen) atoms. The molecule has 0 aromatic rings. The van der Waals surface area contributed by atoms with Gasteiger partial charge in [0.15, 0.2) is 0 Å². The van der Waals surface area contributed by atoms with Crippen LogP contribution in [-0.2, 0) is 0 Å². The van der Waals surface area contributed by atoms with Crippen molar-refractivity contribution in [3.63, 3.8) is 0 Å². The molecule has 1 fully saturated rings. The zero-order valence-corrected chi connectivity index (χ0v) is 9.29. The van der Waals surface area contributed by atoms with Crippen molar-refractivity contribution in [2.24, 2.45) is 11.7 Å². The molecule has 0 aliphatic heterocycles. The second-order valence-corrected chi connectivity index (χ2v) is 4.75. The summed E-state index contributed by atoms with van der Waals surface area (Å²) in [5, 5.41) is 0. The third-order valence-corrected chi connectivity index (χ3v) is 3.21. The third-order valence-electron chi connectivity index (χ3n) is 3.21. The topological polar surface area (TPSA) is 29.3 Å². The van der Waals surface area contributed by atoms with Gasteiger partial charge >= 0.3 is 0 Å². The molecule has 0 saturated heterocycles. The van der Waals surface area contributed by atoms with E-state index in [2.05, 4.69) is 25.8 Å². The molecular weight excluding hydrogens is 160 g/mol. The maximum atomic E-state index is 5.80. The van der Waals surface area contributed by atoms with Gasteiger partial charge in [0.2, 0.25) is 0 Å². The van der Waals surface area contributed by atoms with Crippen LogP contribution in [0.25, 0.3) is 0 Å². The summed E-state index contributed by atoms with van der Waals surface area (Å²) in [5.41, 5.74) is 5.80. The second kappa shape index (κ2) is 4.97. The van der Waals surface area contributed by atoms with Crippen molar-refractivity contribution in [3.8, 4) is 0 Å². The minimum atomic E-state index is 0.305. The molecule has 0 amide bonds. The molecule has 2 unspecified atom stereocenters. The van der Waals surface area contributed by atoms with Gasteiger partial charge in [-0.3, -0.25) is 0 Å². The SMILES string of the molecule is CC1CCCCC1N(C)C[C@H](C)N. The van der Waals surface area contributed by atoms with Gasteiger partial charge in [0, 0.05) is 18.6 Å². The van der Waals surface area contributed by atoms with E-state index in [4.69, 9.17) is 5.73 Å². The molecule has 0 heterocycles. The highest BCUT2D eigenvalue weighted by Crippen LogP contribution is 2.27. The number of hydrogen-bond donors (Lipinski definition) is 1. The average molecular weight is 184 g/mol. The number of nitrogens with two attached hydrogens (primary N) is 1. The van der Waals surface area contributed by atoms with E-state index in [9.17, 15) is 0 Å². The van der Waals surface area contributed by atoms with Gasteiger partial charge in [-0.25, -0.2) is 0 Å². The summed E-state index contributed by atoms with van der Waals surface area (Å²) in [4.78, 5) is 2.45. The van der Waals surface area contributed by atoms with Gasteiger partial charge in [0.1, 0.15) is 0 Å². The Labute approximate surface area is 82.5 Å². The van der Waals surface area contributed by atoms with Crippen LogP contribution in [-0.4, -0.2) is 30.6 Å². The minimum absolute atomic E-state index is 0.305. The number of hydrogen-bond acceptors (Lipinski definition) is 2. The molecule has 0 bridgehead atoms. The Balaban J connectivity index is 2.39. The quantitative estimate of drug-likeness (QED) is 0.725. The van der Waals surface area contributed by atoms with Crippen LogP contribution < -0.4 is 5.73 Å². The standard InChI is InChI=1S/C11H24N2/c1-9-6-4-5-7-11(9)13(3)8-10(2)12/h9-11H,4-8,12H2,1-3H3/t9?,10-,11?/m0/s1. The fourth-order valence-corrected chi connectivity index (χ4v) is 2.54. The van der Waals surface area contributed by atoms with E-state index in [1.165, 1.54) is 25.7 Å². The lowest BCUT2D eigenvalue weighted by atomic mass is 9.85. The van der Waals surface area contributed by atoms with Crippen molar-refractivity contribution in [1.82, 2.24) is 4.90 Å². The number of rotatable bonds is 3. The van der Waals surface area contributed by atoms with E-state index in [0.29, 0.717) is 6.04 Å². The van der Waals surface area contributed by atoms with Crippen LogP contribution in [0.4, 0.5) is 0 Å². The van der Waals surface area contributed by atoms with E-state index in [1.807, 2.05) is 0 Å². The normalized spacial score (nSPS) is 32.1. The molecule has 0 radical (unpaired) electrons. The Bertz CT molecular complexity index is 145. The molecule has 2 N–H and O–H groups in total. The number of nitrogens with zero attached hydrogens (tertiary/aromatic N) is 1. The largest absolute Gasteiger partial charge is 0.327 e. The third kappa shape index (κ3) is 3.28. The summed E-state index contributed by atoms with van der Waals surface area (Å²) in [5.74, 6) is 0.859. The lowest BCUT2D eigenvalue weighted by Crippen LogP contribution is -2.44. The van der Waals surface area contributed by atoms with Crippen LogP contribution in [0.1, 0.15) is 39.5 Å². The summed E-state index contributed by atoms with van der Waals surface area (Å²) < 4.78 is 0. The van der Waals surface area contributed by atoms with E-state index in [1.54, 1.807) is 0 Å². The highest BCUT2D eigenvalue weighted by atomic mass is 15.1. The van der Waals surface area contributed by atoms with Crippen LogP contribution >= 0.6 is 0 Å². The average Bonchev–Trinajstić information content (AvgIpc) is 2.03. The van der Waals surface area contributed by atoms with Gasteiger partial charge in [0.05, 0.1) is 0 Å². The summed E-state index contributed by atoms with van der Waals surface area (Å²) in [7, 11) is 2.22. The molecule has 1 aliphatic carbocycles. The molecule has 0 aromatic carbocycles. The van der Waals surface area contributed by atoms with Crippen molar-refractivity contribution >= 4 is 0 Å². The fourth-order valence-electron chi connectivity index (χ4n) is 2.54. The lowest BCUT2D eigenvalue weighted by Gasteiger charge is -2.37. The van der Waals surface area contributed by atoms with Gasteiger partial charge in [0.25, 0.3) is 0 Å². The maximum absolute atomic E-state index is 5.80. The summed E-state index contributed by atoms with van der Waals surface area (Å²) in [6, 6.07) is 1.08. The van der Waals surface area contributed by atoms with Gasteiger partial charge in [-0.05, 0) is 32.7 Å². The zero-order chi connectivity index (χ0) is 9.84. The van der Waals surface area contributed by atoms with Crippen molar-refractivity contribution in [1.29, 1.82) is 0 Å². The molecule has 2 heteroatoms. The molecule has 0 spiro atoms. The van der Waals surface area contributed by atoms with Crippen LogP contribution in [0.3, 0.4) is 0 Å². The van der Waals surface area contributed by atoms with E-state index >= 15 is 0 Å². The summed E-state index contributed by atoms with van der Waals surface area (Å²) >= 11 is 0. The molecule has 0 aromatic heterocycles. The van der Waals surface area contributed by atoms with Crippen LogP contribution in [0, 0.1) is 5.92 Å². The first-order chi connectivity index (χ1) is 6.11. The van der Waals surface area contributed by atoms with Crippen molar-refractivity contribution < 1.29 is 0 Å². The zero-order valence-electron chi connectivity index (χ0n) is 9.29. The van der Waals surface area contributed by atoms with Crippen LogP contribution in [0.5, 0.6) is 0 Å². The summed E-state index contributed by atoms with van der Waals surface area (Å²) in [6.45, 7) is 5.50. The van der Waals surface area contributed by atoms with Gasteiger partial charge in [-0.2, -0.15) is 0 Å². The van der Waals surface area contributed by atoms with Crippen molar-refractivity contribution in [2.75, 3.05) is 13.6 Å². The minimum Gasteiger partial charge on any atom is -0.327 e. The van der Waals surface area contributed by atoms with E-state index < -0.39 is 0 Å². The first kappa shape index (κ1) is 11.0. The smallest absolute Gasteiger partial charge is 0.0139 e. The van der Waals surface area contributed by atoms with Crippen molar-refractivity contribution in [2.45, 2.75) is 51.6 Å². The van der Waals surface area contributed by atoms with Crippen molar-refractivity contribution in [3.05, 3.63) is 0 Å². The van der Waals surface area contributed by atoms with Gasteiger partial charge in [-0.1, -0.05) is 19.8 Å². The predicted molar refractivity (Wildman–Crippen MR) is 57.7 cm³/mol. The molecule has 1 rings (SSSR count). The number of likely N-dealkylation sites (N-methyl/N-ethyl adjacent to an activating group) is 1. The predicted octanol–water partition coefficient (Wildman–Crippen LogP) is 1.84. The Hall–Kier alpha value is -0.0800. The highest BCUT2D eigenvalue weighted by molar-refractivity contribution is 4.80. The fraction of sp³-hybridized carbons (Fsp3) is 1.00. The van der Waals surface area contributed by atoms with Gasteiger partial charge in [-0.15, -0.1) is 0 Å². The molecule has 1 aliphatic rings. The first-order valence-corrected chi connectivity index (χ1v) is 5.57. The van der Waals surface area contributed by atoms with E-state index in [-0.39, 0.29) is 0 Å². The molecular formula is C11H24N2. The lowest BCUT2D eigenvalue weighted by molar-refractivity contribution is 0.135. The maximum Gasteiger partial charge on any atom is 0.0139 e. The van der Waals surface area contributed by atoms with Crippen LogP contribution in [0.2, 0.25) is 0 Å². The molecule has 2 nitrogen and oxygen atoms in total. The monoisotopic (exact) mass is 184 g/mol. The Morgan fingerprint density at radius 1 is 1.38 bits per heavy atom. The Morgan fingerprint density at radius 2 is 2.00 bits per heavy atom. The second-order valence-electron chi connectivity index (χ2n) is 4.75. The van der Waals surface area contributed by atoms with Gasteiger partial charge < -0.3 is 10.6 Å². The van der Waals surface area contributed by atoms with Crippen LogP contribution in [0.15, 0.2) is 0 Å². The Kier molecular flexibility index (Phi) is 4.20. The molecule has 3 atom stereocenters. The molecule has 78 valence electrons. The Morgan fingerprint density at radius 3 is 2.54 bits per heavy atom. The highest BCUT2D eigenvalue weighted by Gasteiger charge is 2.24. The summed E-state index contributed by atoms with van der Waals surface area (Å²) in [6.07, 6.45) is 5.58. The van der Waals surface area contributed by atoms with E-state index in [0.717, 1.165) is 18.5 Å². The molecule has 1 saturated carbocycles. The first-order valence-electron chi connectivity index (χ1n) is 5.57.